The zero-order valence-electron chi connectivity index (χ0n) is 20.1. The Morgan fingerprint density at radius 2 is 0.893 bits per heavy atom. The third-order valence-corrected chi connectivity index (χ3v) is 6.21. The molecule has 0 saturated carbocycles. The zero-order chi connectivity index (χ0) is 20.5. The standard InChI is InChI=1S/C26H56N2/c1-4-7-9-10-11-12-13-14-15-16-17-18-19-20-21-22-24-27-28-25-26(6-3)23-8-5-2/h26-28H,4-25H2,1-3H3. The van der Waals surface area contributed by atoms with Crippen molar-refractivity contribution >= 4 is 0 Å². The summed E-state index contributed by atoms with van der Waals surface area (Å²) in [5, 5.41) is 0. The van der Waals surface area contributed by atoms with Crippen molar-refractivity contribution in [2.75, 3.05) is 13.1 Å². The fraction of sp³-hybridized carbons (Fsp3) is 1.00. The molecule has 0 aromatic carbocycles. The molecule has 28 heavy (non-hydrogen) atoms. The predicted octanol–water partition coefficient (Wildman–Crippen LogP) is 8.56. The lowest BCUT2D eigenvalue weighted by atomic mass is 10.00. The minimum Gasteiger partial charge on any atom is -0.258 e. The average Bonchev–Trinajstić information content (AvgIpc) is 2.72. The van der Waals surface area contributed by atoms with Gasteiger partial charge in [0.1, 0.15) is 0 Å². The molecule has 2 N–H and O–H groups in total. The Hall–Kier alpha value is -0.0800. The molecule has 0 saturated heterocycles. The highest BCUT2D eigenvalue weighted by Crippen LogP contribution is 2.14. The Balaban J connectivity index is 3.10. The van der Waals surface area contributed by atoms with E-state index in [1.807, 2.05) is 0 Å². The van der Waals surface area contributed by atoms with Gasteiger partial charge in [-0.05, 0) is 18.8 Å². The molecule has 0 rings (SSSR count). The van der Waals surface area contributed by atoms with Crippen LogP contribution in [-0.4, -0.2) is 13.1 Å². The van der Waals surface area contributed by atoms with Gasteiger partial charge in [0.25, 0.3) is 0 Å². The molecule has 0 heterocycles. The highest BCUT2D eigenvalue weighted by Gasteiger charge is 2.04. The third kappa shape index (κ3) is 22.2. The van der Waals surface area contributed by atoms with Crippen LogP contribution in [0, 0.1) is 5.92 Å². The van der Waals surface area contributed by atoms with Crippen LogP contribution in [0.1, 0.15) is 149 Å². The number of rotatable bonds is 24. The van der Waals surface area contributed by atoms with Gasteiger partial charge in [0.2, 0.25) is 0 Å². The van der Waals surface area contributed by atoms with Crippen LogP contribution in [0.4, 0.5) is 0 Å². The Bertz CT molecular complexity index is 267. The van der Waals surface area contributed by atoms with Crippen molar-refractivity contribution in [1.82, 2.24) is 10.9 Å². The van der Waals surface area contributed by atoms with Gasteiger partial charge < -0.3 is 0 Å². The summed E-state index contributed by atoms with van der Waals surface area (Å²) in [5.74, 6) is 0.846. The molecule has 2 heteroatoms. The lowest BCUT2D eigenvalue weighted by molar-refractivity contribution is 0.384. The molecular formula is C26H56N2. The van der Waals surface area contributed by atoms with E-state index in [2.05, 4.69) is 31.6 Å². The van der Waals surface area contributed by atoms with Crippen LogP contribution >= 0.6 is 0 Å². The fourth-order valence-electron chi connectivity index (χ4n) is 4.01. The number of hydrazine groups is 1. The highest BCUT2D eigenvalue weighted by atomic mass is 15.3. The number of unbranched alkanes of at least 4 members (excludes halogenated alkanes) is 16. The van der Waals surface area contributed by atoms with E-state index >= 15 is 0 Å². The topological polar surface area (TPSA) is 24.1 Å². The summed E-state index contributed by atoms with van der Waals surface area (Å²) in [6.45, 7) is 9.17. The van der Waals surface area contributed by atoms with Gasteiger partial charge in [-0.1, -0.05) is 136 Å². The maximum absolute atomic E-state index is 3.45. The lowest BCUT2D eigenvalue weighted by Gasteiger charge is -2.15. The van der Waals surface area contributed by atoms with Gasteiger partial charge in [-0.2, -0.15) is 0 Å². The van der Waals surface area contributed by atoms with E-state index in [1.54, 1.807) is 0 Å². The number of hydrogen-bond acceptors (Lipinski definition) is 2. The quantitative estimate of drug-likeness (QED) is 0.126. The number of hydrogen-bond donors (Lipinski definition) is 2. The molecule has 0 bridgehead atoms. The summed E-state index contributed by atoms with van der Waals surface area (Å²) in [7, 11) is 0. The van der Waals surface area contributed by atoms with Gasteiger partial charge in [-0.3, -0.25) is 10.9 Å². The lowest BCUT2D eigenvalue weighted by Crippen LogP contribution is -2.36. The van der Waals surface area contributed by atoms with E-state index in [9.17, 15) is 0 Å². The summed E-state index contributed by atoms with van der Waals surface area (Å²) >= 11 is 0. The van der Waals surface area contributed by atoms with Crippen LogP contribution in [-0.2, 0) is 0 Å². The molecule has 0 aromatic heterocycles. The van der Waals surface area contributed by atoms with Gasteiger partial charge >= 0.3 is 0 Å². The second-order valence-electron chi connectivity index (χ2n) is 9.03. The first kappa shape index (κ1) is 27.9. The molecule has 0 radical (unpaired) electrons. The first-order chi connectivity index (χ1) is 13.8. The van der Waals surface area contributed by atoms with Gasteiger partial charge in [-0.25, -0.2) is 0 Å². The van der Waals surface area contributed by atoms with E-state index in [-0.39, 0.29) is 0 Å². The Kier molecular flexibility index (Phi) is 24.9. The van der Waals surface area contributed by atoms with Crippen molar-refractivity contribution in [3.05, 3.63) is 0 Å². The van der Waals surface area contributed by atoms with Crippen LogP contribution in [0.5, 0.6) is 0 Å². The van der Waals surface area contributed by atoms with E-state index < -0.39 is 0 Å². The average molecular weight is 397 g/mol. The second-order valence-corrected chi connectivity index (χ2v) is 9.03. The first-order valence-corrected chi connectivity index (χ1v) is 13.3. The van der Waals surface area contributed by atoms with Crippen molar-refractivity contribution < 1.29 is 0 Å². The van der Waals surface area contributed by atoms with Crippen LogP contribution in [0.3, 0.4) is 0 Å². The molecule has 1 atom stereocenters. The summed E-state index contributed by atoms with van der Waals surface area (Å²) in [5.41, 5.74) is 6.87. The molecule has 2 nitrogen and oxygen atoms in total. The van der Waals surface area contributed by atoms with Gasteiger partial charge in [0, 0.05) is 13.1 Å². The van der Waals surface area contributed by atoms with Crippen LogP contribution in [0.25, 0.3) is 0 Å². The Morgan fingerprint density at radius 1 is 0.464 bits per heavy atom. The van der Waals surface area contributed by atoms with Crippen molar-refractivity contribution in [2.45, 2.75) is 149 Å². The molecule has 0 aliphatic carbocycles. The molecule has 1 unspecified atom stereocenters. The molecule has 0 spiro atoms. The van der Waals surface area contributed by atoms with Crippen molar-refractivity contribution in [3.63, 3.8) is 0 Å². The summed E-state index contributed by atoms with van der Waals surface area (Å²) in [4.78, 5) is 0. The van der Waals surface area contributed by atoms with E-state index in [4.69, 9.17) is 0 Å². The van der Waals surface area contributed by atoms with E-state index in [0.29, 0.717) is 0 Å². The smallest absolute Gasteiger partial charge is 0.0128 e. The highest BCUT2D eigenvalue weighted by molar-refractivity contribution is 4.59. The molecule has 0 aliphatic heterocycles. The SMILES string of the molecule is CCCCCCCCCCCCCCCCCCNNCC(CC)CCCC. The fourth-order valence-corrected chi connectivity index (χ4v) is 4.01. The third-order valence-electron chi connectivity index (χ3n) is 6.21. The summed E-state index contributed by atoms with van der Waals surface area (Å²) in [6, 6.07) is 0. The van der Waals surface area contributed by atoms with Crippen LogP contribution in [0.2, 0.25) is 0 Å². The molecule has 0 fully saturated rings. The van der Waals surface area contributed by atoms with Crippen molar-refractivity contribution in [1.29, 1.82) is 0 Å². The van der Waals surface area contributed by atoms with E-state index in [0.717, 1.165) is 19.0 Å². The summed E-state index contributed by atoms with van der Waals surface area (Å²) < 4.78 is 0. The normalized spacial score (nSPS) is 12.5. The van der Waals surface area contributed by atoms with E-state index in [1.165, 1.54) is 128 Å². The van der Waals surface area contributed by atoms with Gasteiger partial charge in [0.15, 0.2) is 0 Å². The summed E-state index contributed by atoms with van der Waals surface area (Å²) in [6.07, 6.45) is 28.4. The maximum atomic E-state index is 3.45. The second kappa shape index (κ2) is 25.0. The Morgan fingerprint density at radius 3 is 1.32 bits per heavy atom. The minimum atomic E-state index is 0.846. The van der Waals surface area contributed by atoms with Gasteiger partial charge in [-0.15, -0.1) is 0 Å². The van der Waals surface area contributed by atoms with Gasteiger partial charge in [0.05, 0.1) is 0 Å². The molecule has 170 valence electrons. The predicted molar refractivity (Wildman–Crippen MR) is 129 cm³/mol. The molecule has 0 aromatic rings. The zero-order valence-corrected chi connectivity index (χ0v) is 20.1. The van der Waals surface area contributed by atoms with Crippen LogP contribution < -0.4 is 10.9 Å². The van der Waals surface area contributed by atoms with Crippen molar-refractivity contribution in [2.24, 2.45) is 5.92 Å². The molecular weight excluding hydrogens is 340 g/mol. The molecule has 0 aliphatic rings. The minimum absolute atomic E-state index is 0.846. The monoisotopic (exact) mass is 396 g/mol. The van der Waals surface area contributed by atoms with Crippen molar-refractivity contribution in [3.8, 4) is 0 Å². The first-order valence-electron chi connectivity index (χ1n) is 13.3. The maximum Gasteiger partial charge on any atom is 0.0128 e. The molecule has 0 amide bonds. The Labute approximate surface area is 179 Å². The van der Waals surface area contributed by atoms with Crippen LogP contribution in [0.15, 0.2) is 0 Å². The number of nitrogens with one attached hydrogen (secondary N) is 2. The largest absolute Gasteiger partial charge is 0.258 e.